The predicted octanol–water partition coefficient (Wildman–Crippen LogP) is 4.01. The minimum atomic E-state index is -0.0550. The SMILES string of the molecule is Cc1cccc(N2CCN(C(=O)Nc3ccc(-c4n[nH]c(C5CC5)n4)cc3)CC2)c1. The number of rotatable bonds is 4. The summed E-state index contributed by atoms with van der Waals surface area (Å²) in [6, 6.07) is 16.2. The molecule has 2 heterocycles. The number of amides is 2. The summed E-state index contributed by atoms with van der Waals surface area (Å²) in [5, 5.41) is 10.4. The van der Waals surface area contributed by atoms with E-state index in [1.807, 2.05) is 29.2 Å². The molecule has 3 aromatic rings. The lowest BCUT2D eigenvalue weighted by Crippen LogP contribution is -2.50. The molecule has 1 saturated heterocycles. The number of aromatic nitrogens is 3. The van der Waals surface area contributed by atoms with Gasteiger partial charge in [0.25, 0.3) is 0 Å². The van der Waals surface area contributed by atoms with Crippen molar-refractivity contribution in [3.63, 3.8) is 0 Å². The van der Waals surface area contributed by atoms with Crippen molar-refractivity contribution in [1.82, 2.24) is 20.1 Å². The number of benzene rings is 2. The molecule has 2 N–H and O–H groups in total. The topological polar surface area (TPSA) is 77.1 Å². The van der Waals surface area contributed by atoms with Crippen LogP contribution in [0.1, 0.15) is 30.1 Å². The molecule has 2 aliphatic rings. The van der Waals surface area contributed by atoms with E-state index >= 15 is 0 Å². The summed E-state index contributed by atoms with van der Waals surface area (Å²) in [6.45, 7) is 5.19. The Hall–Kier alpha value is -3.35. The highest BCUT2D eigenvalue weighted by atomic mass is 16.2. The molecule has 0 atom stereocenters. The van der Waals surface area contributed by atoms with Gasteiger partial charge in [-0.15, -0.1) is 0 Å². The van der Waals surface area contributed by atoms with Crippen molar-refractivity contribution in [2.24, 2.45) is 0 Å². The van der Waals surface area contributed by atoms with Gasteiger partial charge in [0.1, 0.15) is 5.82 Å². The number of carbonyl (C=O) groups is 1. The summed E-state index contributed by atoms with van der Waals surface area (Å²) in [6.07, 6.45) is 2.39. The van der Waals surface area contributed by atoms with E-state index in [-0.39, 0.29) is 6.03 Å². The molecule has 30 heavy (non-hydrogen) atoms. The Labute approximate surface area is 176 Å². The lowest BCUT2D eigenvalue weighted by atomic mass is 10.2. The minimum absolute atomic E-state index is 0.0550. The molecule has 2 amide bonds. The molecule has 154 valence electrons. The van der Waals surface area contributed by atoms with Crippen molar-refractivity contribution in [1.29, 1.82) is 0 Å². The van der Waals surface area contributed by atoms with Gasteiger partial charge in [0.15, 0.2) is 5.82 Å². The van der Waals surface area contributed by atoms with Crippen molar-refractivity contribution < 1.29 is 4.79 Å². The third kappa shape index (κ3) is 4.01. The monoisotopic (exact) mass is 402 g/mol. The first-order valence-corrected chi connectivity index (χ1v) is 10.6. The molecule has 0 unspecified atom stereocenters. The number of H-pyrrole nitrogens is 1. The number of piperazine rings is 1. The van der Waals surface area contributed by atoms with Gasteiger partial charge in [-0.1, -0.05) is 12.1 Å². The number of hydrogen-bond donors (Lipinski definition) is 2. The summed E-state index contributed by atoms with van der Waals surface area (Å²) in [5.41, 5.74) is 4.21. The summed E-state index contributed by atoms with van der Waals surface area (Å²) in [5.74, 6) is 2.24. The van der Waals surface area contributed by atoms with Crippen LogP contribution >= 0.6 is 0 Å². The number of aromatic amines is 1. The van der Waals surface area contributed by atoms with Gasteiger partial charge < -0.3 is 15.1 Å². The first kappa shape index (κ1) is 18.7. The number of anilines is 2. The Bertz CT molecular complexity index is 1030. The quantitative estimate of drug-likeness (QED) is 0.691. The second-order valence-electron chi connectivity index (χ2n) is 8.14. The van der Waals surface area contributed by atoms with Crippen LogP contribution in [0.4, 0.5) is 16.2 Å². The fourth-order valence-electron chi connectivity index (χ4n) is 3.84. The van der Waals surface area contributed by atoms with Crippen LogP contribution in [0, 0.1) is 6.92 Å². The molecule has 7 heteroatoms. The zero-order valence-electron chi connectivity index (χ0n) is 17.1. The highest BCUT2D eigenvalue weighted by molar-refractivity contribution is 5.89. The fourth-order valence-corrected chi connectivity index (χ4v) is 3.84. The molecule has 5 rings (SSSR count). The molecular formula is C23H26N6O. The van der Waals surface area contributed by atoms with Gasteiger partial charge in [0, 0.05) is 49.0 Å². The Morgan fingerprint density at radius 2 is 1.83 bits per heavy atom. The van der Waals surface area contributed by atoms with Crippen LogP contribution in [-0.4, -0.2) is 52.3 Å². The van der Waals surface area contributed by atoms with E-state index < -0.39 is 0 Å². The first-order valence-electron chi connectivity index (χ1n) is 10.6. The zero-order chi connectivity index (χ0) is 20.5. The third-order valence-electron chi connectivity index (χ3n) is 5.79. The largest absolute Gasteiger partial charge is 0.368 e. The van der Waals surface area contributed by atoms with E-state index in [4.69, 9.17) is 0 Å². The van der Waals surface area contributed by atoms with Crippen LogP contribution in [0.2, 0.25) is 0 Å². The molecule has 0 bridgehead atoms. The Morgan fingerprint density at radius 1 is 1.07 bits per heavy atom. The molecule has 1 aromatic heterocycles. The standard InChI is InChI=1S/C23H26N6O/c1-16-3-2-4-20(15-16)28-11-13-29(14-12-28)23(30)24-19-9-7-18(8-10-19)22-25-21(26-27-22)17-5-6-17/h2-4,7-10,15,17H,5-6,11-14H2,1H3,(H,24,30)(H,25,26,27). The third-order valence-corrected chi connectivity index (χ3v) is 5.79. The van der Waals surface area contributed by atoms with Crippen LogP contribution in [0.5, 0.6) is 0 Å². The van der Waals surface area contributed by atoms with Crippen LogP contribution in [0.25, 0.3) is 11.4 Å². The van der Waals surface area contributed by atoms with Gasteiger partial charge in [-0.05, 0) is 61.7 Å². The smallest absolute Gasteiger partial charge is 0.321 e. The Balaban J connectivity index is 1.16. The van der Waals surface area contributed by atoms with Crippen molar-refractivity contribution in [3.8, 4) is 11.4 Å². The van der Waals surface area contributed by atoms with Crippen LogP contribution in [0.15, 0.2) is 48.5 Å². The Morgan fingerprint density at radius 3 is 2.53 bits per heavy atom. The molecule has 0 spiro atoms. The van der Waals surface area contributed by atoms with Gasteiger partial charge in [-0.3, -0.25) is 5.10 Å². The molecular weight excluding hydrogens is 376 g/mol. The van der Waals surface area contributed by atoms with E-state index in [0.717, 1.165) is 30.2 Å². The number of nitrogens with zero attached hydrogens (tertiary/aromatic N) is 4. The maximum Gasteiger partial charge on any atom is 0.321 e. The maximum absolute atomic E-state index is 12.7. The summed E-state index contributed by atoms with van der Waals surface area (Å²) < 4.78 is 0. The molecule has 1 aliphatic heterocycles. The lowest BCUT2D eigenvalue weighted by Gasteiger charge is -2.36. The van der Waals surface area contributed by atoms with E-state index in [9.17, 15) is 4.79 Å². The Kier molecular flexibility index (Phi) is 4.86. The average molecular weight is 403 g/mol. The fraction of sp³-hybridized carbons (Fsp3) is 0.348. The molecule has 1 saturated carbocycles. The zero-order valence-corrected chi connectivity index (χ0v) is 17.1. The van der Waals surface area contributed by atoms with Crippen molar-refractivity contribution in [2.45, 2.75) is 25.7 Å². The van der Waals surface area contributed by atoms with E-state index in [1.54, 1.807) is 0 Å². The maximum atomic E-state index is 12.7. The van der Waals surface area contributed by atoms with Gasteiger partial charge in [0.2, 0.25) is 0 Å². The number of carbonyl (C=O) groups excluding carboxylic acids is 1. The average Bonchev–Trinajstić information content (AvgIpc) is 3.51. The molecule has 2 aromatic carbocycles. The number of aryl methyl sites for hydroxylation is 1. The van der Waals surface area contributed by atoms with Crippen molar-refractivity contribution in [3.05, 3.63) is 59.9 Å². The highest BCUT2D eigenvalue weighted by Crippen LogP contribution is 2.38. The number of hydrogen-bond acceptors (Lipinski definition) is 4. The van der Waals surface area contributed by atoms with Crippen molar-refractivity contribution >= 4 is 17.4 Å². The molecule has 2 fully saturated rings. The lowest BCUT2D eigenvalue weighted by molar-refractivity contribution is 0.208. The van der Waals surface area contributed by atoms with Crippen molar-refractivity contribution in [2.75, 3.05) is 36.4 Å². The van der Waals surface area contributed by atoms with Gasteiger partial charge >= 0.3 is 6.03 Å². The summed E-state index contributed by atoms with van der Waals surface area (Å²) >= 11 is 0. The van der Waals surface area contributed by atoms with Gasteiger partial charge in [0.05, 0.1) is 0 Å². The summed E-state index contributed by atoms with van der Waals surface area (Å²) in [7, 11) is 0. The van der Waals surface area contributed by atoms with Crippen LogP contribution in [-0.2, 0) is 0 Å². The van der Waals surface area contributed by atoms with E-state index in [1.165, 1.54) is 24.1 Å². The van der Waals surface area contributed by atoms with Gasteiger partial charge in [-0.25, -0.2) is 9.78 Å². The predicted molar refractivity (Wildman–Crippen MR) is 118 cm³/mol. The molecule has 1 aliphatic carbocycles. The minimum Gasteiger partial charge on any atom is -0.368 e. The van der Waals surface area contributed by atoms with E-state index in [0.29, 0.717) is 24.8 Å². The second-order valence-corrected chi connectivity index (χ2v) is 8.14. The second kappa shape index (κ2) is 7.82. The van der Waals surface area contributed by atoms with Gasteiger partial charge in [-0.2, -0.15) is 5.10 Å². The highest BCUT2D eigenvalue weighted by Gasteiger charge is 2.27. The number of urea groups is 1. The normalized spacial score (nSPS) is 16.6. The molecule has 0 radical (unpaired) electrons. The van der Waals surface area contributed by atoms with Crippen LogP contribution < -0.4 is 10.2 Å². The van der Waals surface area contributed by atoms with E-state index in [2.05, 4.69) is 56.6 Å². The summed E-state index contributed by atoms with van der Waals surface area (Å²) in [4.78, 5) is 21.5. The molecule has 7 nitrogen and oxygen atoms in total. The first-order chi connectivity index (χ1) is 14.7. The van der Waals surface area contributed by atoms with Crippen LogP contribution in [0.3, 0.4) is 0 Å². The number of nitrogens with one attached hydrogen (secondary N) is 2.